The molecule has 0 atom stereocenters. The Kier molecular flexibility index (Phi) is 4.00. The quantitative estimate of drug-likeness (QED) is 0.679. The van der Waals surface area contributed by atoms with Gasteiger partial charge in [-0.3, -0.25) is 0 Å². The van der Waals surface area contributed by atoms with Crippen molar-refractivity contribution in [1.82, 2.24) is 4.98 Å². The maximum atomic E-state index is 12.3. The highest BCUT2D eigenvalue weighted by molar-refractivity contribution is 7.71. The predicted molar refractivity (Wildman–Crippen MR) is 79.1 cm³/mol. The van der Waals surface area contributed by atoms with Crippen molar-refractivity contribution in [3.05, 3.63) is 40.0 Å². The molecule has 1 aromatic carbocycles. The summed E-state index contributed by atoms with van der Waals surface area (Å²) in [5.41, 5.74) is 2.30. The first kappa shape index (κ1) is 13.7. The molecule has 19 heavy (non-hydrogen) atoms. The second-order valence-electron chi connectivity index (χ2n) is 4.66. The molecule has 1 N–H and O–H groups in total. The summed E-state index contributed by atoms with van der Waals surface area (Å²) in [5, 5.41) is 0.860. The fraction of sp³-hybridized carbons (Fsp3) is 0.333. The minimum Gasteiger partial charge on any atom is -0.459 e. The molecule has 0 amide bonds. The van der Waals surface area contributed by atoms with Crippen molar-refractivity contribution in [1.29, 1.82) is 0 Å². The van der Waals surface area contributed by atoms with Gasteiger partial charge in [0.25, 0.3) is 0 Å². The molecule has 0 aliphatic carbocycles. The molecular weight excluding hydrogens is 258 g/mol. The Morgan fingerprint density at radius 3 is 2.68 bits per heavy atom. The largest absolute Gasteiger partial charge is 0.459 e. The topological polar surface area (TPSA) is 42.1 Å². The monoisotopic (exact) mass is 275 g/mol. The maximum absolute atomic E-state index is 12.3. The number of pyridine rings is 1. The van der Waals surface area contributed by atoms with Gasteiger partial charge in [0.15, 0.2) is 0 Å². The summed E-state index contributed by atoms with van der Waals surface area (Å²) in [4.78, 5) is 15.5. The first-order valence-corrected chi connectivity index (χ1v) is 6.80. The van der Waals surface area contributed by atoms with E-state index in [-0.39, 0.29) is 12.1 Å². The Morgan fingerprint density at radius 1 is 1.37 bits per heavy atom. The van der Waals surface area contributed by atoms with Crippen molar-refractivity contribution in [3.8, 4) is 0 Å². The van der Waals surface area contributed by atoms with E-state index in [0.29, 0.717) is 16.6 Å². The van der Waals surface area contributed by atoms with Crippen LogP contribution in [0.2, 0.25) is 0 Å². The van der Waals surface area contributed by atoms with E-state index in [0.717, 1.165) is 16.5 Å². The maximum Gasteiger partial charge on any atom is 0.339 e. The van der Waals surface area contributed by atoms with E-state index in [1.54, 1.807) is 0 Å². The molecule has 0 spiro atoms. The summed E-state index contributed by atoms with van der Waals surface area (Å²) < 4.78 is 5.95. The van der Waals surface area contributed by atoms with Gasteiger partial charge in [-0.2, -0.15) is 0 Å². The third-order valence-corrected chi connectivity index (χ3v) is 3.27. The van der Waals surface area contributed by atoms with E-state index in [1.165, 1.54) is 0 Å². The van der Waals surface area contributed by atoms with E-state index in [1.807, 2.05) is 45.0 Å². The average molecular weight is 275 g/mol. The molecule has 2 rings (SSSR count). The van der Waals surface area contributed by atoms with Crippen molar-refractivity contribution in [3.63, 3.8) is 0 Å². The van der Waals surface area contributed by atoms with Gasteiger partial charge in [0.2, 0.25) is 0 Å². The van der Waals surface area contributed by atoms with Gasteiger partial charge in [0.1, 0.15) is 4.64 Å². The number of hydrogen-bond acceptors (Lipinski definition) is 3. The summed E-state index contributed by atoms with van der Waals surface area (Å²) in [6, 6.07) is 7.65. The number of nitrogens with one attached hydrogen (secondary N) is 1. The summed E-state index contributed by atoms with van der Waals surface area (Å²) in [6.45, 7) is 5.67. The van der Waals surface area contributed by atoms with Gasteiger partial charge in [-0.1, -0.05) is 37.3 Å². The van der Waals surface area contributed by atoms with Crippen LogP contribution in [0, 0.1) is 4.64 Å². The number of ether oxygens (including phenoxy) is 1. The molecule has 0 aliphatic rings. The molecule has 1 aromatic heterocycles. The van der Waals surface area contributed by atoms with Crippen molar-refractivity contribution in [2.75, 3.05) is 0 Å². The highest BCUT2D eigenvalue weighted by atomic mass is 32.1. The van der Waals surface area contributed by atoms with E-state index < -0.39 is 0 Å². The Morgan fingerprint density at radius 2 is 2.05 bits per heavy atom. The van der Waals surface area contributed by atoms with Gasteiger partial charge < -0.3 is 9.72 Å². The highest BCUT2D eigenvalue weighted by Crippen LogP contribution is 2.23. The van der Waals surface area contributed by atoms with Crippen molar-refractivity contribution in [2.24, 2.45) is 0 Å². The van der Waals surface area contributed by atoms with Gasteiger partial charge in [-0.05, 0) is 26.3 Å². The zero-order chi connectivity index (χ0) is 14.0. The number of carbonyl (C=O) groups is 1. The summed E-state index contributed by atoms with van der Waals surface area (Å²) >= 11 is 5.34. The van der Waals surface area contributed by atoms with Crippen molar-refractivity contribution < 1.29 is 9.53 Å². The number of hydrogen-bond donors (Lipinski definition) is 1. The Bertz CT molecular complexity index is 673. The van der Waals surface area contributed by atoms with Gasteiger partial charge >= 0.3 is 5.97 Å². The van der Waals surface area contributed by atoms with Crippen molar-refractivity contribution in [2.45, 2.75) is 33.3 Å². The fourth-order valence-corrected chi connectivity index (χ4v) is 2.48. The average Bonchev–Trinajstić information content (AvgIpc) is 2.36. The Hall–Kier alpha value is -1.68. The van der Waals surface area contributed by atoms with Gasteiger partial charge in [-0.15, -0.1) is 0 Å². The lowest BCUT2D eigenvalue weighted by Crippen LogP contribution is -2.14. The molecule has 0 saturated heterocycles. The number of para-hydroxylation sites is 1. The number of aromatic amines is 1. The van der Waals surface area contributed by atoms with E-state index in [4.69, 9.17) is 17.0 Å². The number of fused-ring (bicyclic) bond motifs is 1. The SMILES string of the molecule is CCc1c(C(=O)OC(C)C)c2ccccc2[nH]c1=S. The summed E-state index contributed by atoms with van der Waals surface area (Å²) in [5.74, 6) is -0.303. The third kappa shape index (κ3) is 2.68. The Balaban J connectivity index is 2.74. The normalized spacial score (nSPS) is 10.9. The second-order valence-corrected chi connectivity index (χ2v) is 5.07. The zero-order valence-corrected chi connectivity index (χ0v) is 12.1. The van der Waals surface area contributed by atoms with E-state index in [2.05, 4.69) is 4.98 Å². The highest BCUT2D eigenvalue weighted by Gasteiger charge is 2.18. The molecule has 2 aromatic rings. The minimum atomic E-state index is -0.303. The number of esters is 1. The molecule has 0 bridgehead atoms. The molecule has 0 fully saturated rings. The Labute approximate surface area is 117 Å². The number of H-pyrrole nitrogens is 1. The van der Waals surface area contributed by atoms with Crippen LogP contribution < -0.4 is 0 Å². The standard InChI is InChI=1S/C15H17NO2S/c1-4-10-13(15(17)18-9(2)3)11-7-5-6-8-12(11)16-14(10)19/h5-9H,4H2,1-3H3,(H,16,19). The van der Waals surface area contributed by atoms with Crippen LogP contribution in [0.3, 0.4) is 0 Å². The predicted octanol–water partition coefficient (Wildman–Crippen LogP) is 4.02. The lowest BCUT2D eigenvalue weighted by atomic mass is 10.0. The van der Waals surface area contributed by atoms with E-state index >= 15 is 0 Å². The molecule has 4 heteroatoms. The lowest BCUT2D eigenvalue weighted by Gasteiger charge is -2.13. The molecule has 0 saturated carbocycles. The summed E-state index contributed by atoms with van der Waals surface area (Å²) in [6.07, 6.45) is 0.552. The smallest absolute Gasteiger partial charge is 0.339 e. The lowest BCUT2D eigenvalue weighted by molar-refractivity contribution is 0.0379. The third-order valence-electron chi connectivity index (χ3n) is 2.92. The number of benzene rings is 1. The first-order chi connectivity index (χ1) is 9.04. The van der Waals surface area contributed by atoms with Crippen LogP contribution in [-0.4, -0.2) is 17.1 Å². The first-order valence-electron chi connectivity index (χ1n) is 6.39. The number of carbonyl (C=O) groups excluding carboxylic acids is 1. The van der Waals surface area contributed by atoms with Crippen LogP contribution in [0.4, 0.5) is 0 Å². The molecule has 0 aliphatic heterocycles. The molecule has 100 valence electrons. The van der Waals surface area contributed by atoms with E-state index in [9.17, 15) is 4.79 Å². The second kappa shape index (κ2) is 5.53. The van der Waals surface area contributed by atoms with Crippen LogP contribution >= 0.6 is 12.2 Å². The molecule has 0 unspecified atom stereocenters. The number of aromatic nitrogens is 1. The van der Waals surface area contributed by atoms with Gasteiger partial charge in [0, 0.05) is 16.5 Å². The number of rotatable bonds is 3. The van der Waals surface area contributed by atoms with Crippen LogP contribution in [0.1, 0.15) is 36.7 Å². The van der Waals surface area contributed by atoms with Crippen LogP contribution in [0.5, 0.6) is 0 Å². The zero-order valence-electron chi connectivity index (χ0n) is 11.3. The fourth-order valence-electron chi connectivity index (χ4n) is 2.13. The van der Waals surface area contributed by atoms with Crippen LogP contribution in [0.25, 0.3) is 10.9 Å². The molecule has 3 nitrogen and oxygen atoms in total. The summed E-state index contributed by atoms with van der Waals surface area (Å²) in [7, 11) is 0. The minimum absolute atomic E-state index is 0.145. The molecule has 0 radical (unpaired) electrons. The molecular formula is C15H17NO2S. The van der Waals surface area contributed by atoms with Crippen LogP contribution in [0.15, 0.2) is 24.3 Å². The van der Waals surface area contributed by atoms with Crippen LogP contribution in [-0.2, 0) is 11.2 Å². The van der Waals surface area contributed by atoms with Gasteiger partial charge in [0.05, 0.1) is 11.7 Å². The van der Waals surface area contributed by atoms with Gasteiger partial charge in [-0.25, -0.2) is 4.79 Å². The molecule has 1 heterocycles. The van der Waals surface area contributed by atoms with Crippen molar-refractivity contribution >= 4 is 29.1 Å².